The van der Waals surface area contributed by atoms with Crippen LogP contribution in [-0.4, -0.2) is 41.4 Å². The Hall–Kier alpha value is -3.53. The summed E-state index contributed by atoms with van der Waals surface area (Å²) in [6, 6.07) is 14.6. The average molecular weight is 484 g/mol. The summed E-state index contributed by atoms with van der Waals surface area (Å²) < 4.78 is 19.8. The van der Waals surface area contributed by atoms with E-state index in [1.165, 1.54) is 23.6 Å². The fourth-order valence-electron chi connectivity index (χ4n) is 3.39. The molecule has 0 radical (unpaired) electrons. The van der Waals surface area contributed by atoms with Gasteiger partial charge in [0.2, 0.25) is 0 Å². The summed E-state index contributed by atoms with van der Waals surface area (Å²) in [7, 11) is 0. The van der Waals surface area contributed by atoms with E-state index in [2.05, 4.69) is 16.9 Å². The van der Waals surface area contributed by atoms with Gasteiger partial charge in [-0.1, -0.05) is 47.5 Å². The lowest BCUT2D eigenvalue weighted by molar-refractivity contribution is 0.101. The molecule has 35 heavy (non-hydrogen) atoms. The van der Waals surface area contributed by atoms with Gasteiger partial charge in [-0.25, -0.2) is 9.18 Å². The molecule has 1 saturated heterocycles. The van der Waals surface area contributed by atoms with Crippen LogP contribution in [0.15, 0.2) is 51.7 Å². The number of hydrogen-bond donors (Lipinski definition) is 0. The standard InChI is InChI=1S/C22H20FN3O3.3C2H6/c1-16(27)17-3-8-20-21(15-17)29-22(28)26(20)10-2-9-24-11-13-25(14-12-24)19-6-4-18(23)5-7-19;3*1-2/h3-8,15H,10-14H2,1H3;3*1-2H3. The Bertz CT molecular complexity index is 1160. The maximum Gasteiger partial charge on any atom is 0.420 e. The highest BCUT2D eigenvalue weighted by Gasteiger charge is 2.15. The molecule has 1 aliphatic rings. The lowest BCUT2D eigenvalue weighted by Gasteiger charge is -2.34. The molecular formula is C28H38FN3O3. The highest BCUT2D eigenvalue weighted by Crippen LogP contribution is 2.17. The van der Waals surface area contributed by atoms with Gasteiger partial charge in [-0.05, 0) is 49.4 Å². The van der Waals surface area contributed by atoms with Gasteiger partial charge in [-0.15, -0.1) is 0 Å². The third-order valence-electron chi connectivity index (χ3n) is 5.02. The number of halogens is 1. The quantitative estimate of drug-likeness (QED) is 0.348. The normalized spacial score (nSPS) is 12.1. The number of fused-ring (bicyclic) bond motifs is 1. The first-order chi connectivity index (χ1) is 17.0. The van der Waals surface area contributed by atoms with Gasteiger partial charge >= 0.3 is 5.76 Å². The predicted octanol–water partition coefficient (Wildman–Crippen LogP) is 5.80. The Morgan fingerprint density at radius 2 is 1.54 bits per heavy atom. The van der Waals surface area contributed by atoms with Crippen molar-refractivity contribution in [2.45, 2.75) is 55.0 Å². The van der Waals surface area contributed by atoms with E-state index in [1.54, 1.807) is 30.3 Å². The summed E-state index contributed by atoms with van der Waals surface area (Å²) in [5.41, 5.74) is 2.51. The zero-order valence-electron chi connectivity index (χ0n) is 22.0. The van der Waals surface area contributed by atoms with Gasteiger partial charge in [-0.3, -0.25) is 9.36 Å². The number of benzene rings is 2. The Labute approximate surface area is 208 Å². The van der Waals surface area contributed by atoms with Gasteiger partial charge in [-0.2, -0.15) is 0 Å². The lowest BCUT2D eigenvalue weighted by atomic mass is 10.1. The molecule has 2 heterocycles. The molecule has 0 bridgehead atoms. The van der Waals surface area contributed by atoms with E-state index in [4.69, 9.17) is 4.42 Å². The van der Waals surface area contributed by atoms with Crippen LogP contribution in [0, 0.1) is 17.8 Å². The van der Waals surface area contributed by atoms with Crippen LogP contribution in [0.2, 0.25) is 0 Å². The molecule has 0 N–H and O–H groups in total. The lowest BCUT2D eigenvalue weighted by Crippen LogP contribution is -2.44. The molecule has 0 aliphatic carbocycles. The van der Waals surface area contributed by atoms with Gasteiger partial charge in [0.05, 0.1) is 12.1 Å². The molecule has 2 aromatic carbocycles. The van der Waals surface area contributed by atoms with E-state index in [0.717, 1.165) is 31.9 Å². The van der Waals surface area contributed by atoms with Crippen LogP contribution in [0.5, 0.6) is 0 Å². The van der Waals surface area contributed by atoms with Crippen LogP contribution >= 0.6 is 0 Å². The van der Waals surface area contributed by atoms with E-state index in [1.807, 2.05) is 46.4 Å². The summed E-state index contributed by atoms with van der Waals surface area (Å²) in [6.07, 6.45) is 0. The highest BCUT2D eigenvalue weighted by atomic mass is 19.1. The molecule has 4 rings (SSSR count). The number of hydrogen-bond acceptors (Lipinski definition) is 5. The average Bonchev–Trinajstić information content (AvgIpc) is 3.22. The molecule has 3 aromatic rings. The SMILES string of the molecule is CC.CC.CC.CC(=O)c1ccc2c(c1)oc(=O)n2CC#CN1CCN(c2ccc(F)cc2)CC1. The zero-order chi connectivity index (χ0) is 26.4. The summed E-state index contributed by atoms with van der Waals surface area (Å²) in [4.78, 5) is 27.8. The van der Waals surface area contributed by atoms with Gasteiger partial charge in [0.25, 0.3) is 0 Å². The Balaban J connectivity index is 0.000000949. The predicted molar refractivity (Wildman–Crippen MR) is 142 cm³/mol. The first kappa shape index (κ1) is 29.5. The third kappa shape index (κ3) is 8.03. The molecule has 7 heteroatoms. The van der Waals surface area contributed by atoms with Gasteiger partial charge < -0.3 is 14.2 Å². The van der Waals surface area contributed by atoms with Crippen molar-refractivity contribution in [3.63, 3.8) is 0 Å². The molecular weight excluding hydrogens is 445 g/mol. The number of nitrogens with zero attached hydrogens (tertiary/aromatic N) is 3. The first-order valence-corrected chi connectivity index (χ1v) is 12.4. The number of anilines is 1. The number of piperazine rings is 1. The summed E-state index contributed by atoms with van der Waals surface area (Å²) in [6.45, 7) is 16.8. The van der Waals surface area contributed by atoms with Gasteiger partial charge in [0.15, 0.2) is 11.4 Å². The Morgan fingerprint density at radius 3 is 2.11 bits per heavy atom. The number of oxazole rings is 1. The number of carbonyl (C=O) groups is 1. The maximum absolute atomic E-state index is 13.1. The fourth-order valence-corrected chi connectivity index (χ4v) is 3.39. The van der Waals surface area contributed by atoms with Crippen LogP contribution in [0.25, 0.3) is 11.1 Å². The van der Waals surface area contributed by atoms with Crippen molar-refractivity contribution in [2.24, 2.45) is 0 Å². The first-order valence-electron chi connectivity index (χ1n) is 12.4. The molecule has 1 fully saturated rings. The molecule has 190 valence electrons. The largest absolute Gasteiger partial charge is 0.420 e. The molecule has 0 saturated carbocycles. The molecule has 0 atom stereocenters. The zero-order valence-corrected chi connectivity index (χ0v) is 22.0. The summed E-state index contributed by atoms with van der Waals surface area (Å²) >= 11 is 0. The van der Waals surface area contributed by atoms with E-state index in [-0.39, 0.29) is 18.1 Å². The minimum Gasteiger partial charge on any atom is -0.408 e. The molecule has 1 aliphatic heterocycles. The molecule has 1 aromatic heterocycles. The third-order valence-corrected chi connectivity index (χ3v) is 5.02. The van der Waals surface area contributed by atoms with Crippen LogP contribution in [-0.2, 0) is 6.54 Å². The van der Waals surface area contributed by atoms with E-state index < -0.39 is 5.76 Å². The number of rotatable bonds is 3. The van der Waals surface area contributed by atoms with Crippen LogP contribution in [0.4, 0.5) is 10.1 Å². The maximum atomic E-state index is 13.1. The van der Waals surface area contributed by atoms with Crippen LogP contribution < -0.4 is 10.7 Å². The van der Waals surface area contributed by atoms with E-state index >= 15 is 0 Å². The molecule has 0 amide bonds. The Morgan fingerprint density at radius 1 is 0.943 bits per heavy atom. The fraction of sp³-hybridized carbons (Fsp3) is 0.429. The summed E-state index contributed by atoms with van der Waals surface area (Å²) in [5, 5.41) is 0. The minimum atomic E-state index is -0.490. The van der Waals surface area contributed by atoms with E-state index in [0.29, 0.717) is 16.7 Å². The number of ketones is 1. The number of carbonyl (C=O) groups excluding carboxylic acids is 1. The second kappa shape index (κ2) is 15.4. The van der Waals surface area contributed by atoms with Crippen molar-refractivity contribution in [2.75, 3.05) is 31.1 Å². The molecule has 6 nitrogen and oxygen atoms in total. The second-order valence-electron chi connectivity index (χ2n) is 6.93. The van der Waals surface area contributed by atoms with Gasteiger partial charge in [0.1, 0.15) is 5.82 Å². The number of Topliss-reactive ketones (excluding diaryl/α,β-unsaturated/α-hetero) is 1. The van der Waals surface area contributed by atoms with Crippen molar-refractivity contribution in [1.29, 1.82) is 0 Å². The summed E-state index contributed by atoms with van der Waals surface area (Å²) in [5.74, 6) is 2.22. The van der Waals surface area contributed by atoms with Crippen molar-refractivity contribution in [1.82, 2.24) is 9.47 Å². The molecule has 0 spiro atoms. The highest BCUT2D eigenvalue weighted by molar-refractivity contribution is 5.96. The second-order valence-corrected chi connectivity index (χ2v) is 6.93. The van der Waals surface area contributed by atoms with Crippen molar-refractivity contribution in [3.8, 4) is 12.0 Å². The smallest absolute Gasteiger partial charge is 0.408 e. The van der Waals surface area contributed by atoms with Gasteiger partial charge in [0, 0.05) is 43.5 Å². The van der Waals surface area contributed by atoms with Crippen LogP contribution in [0.1, 0.15) is 58.8 Å². The topological polar surface area (TPSA) is 58.7 Å². The van der Waals surface area contributed by atoms with E-state index in [9.17, 15) is 14.0 Å². The van der Waals surface area contributed by atoms with Crippen molar-refractivity contribution in [3.05, 3.63) is 64.4 Å². The number of aromatic nitrogens is 1. The van der Waals surface area contributed by atoms with Crippen LogP contribution in [0.3, 0.4) is 0 Å². The monoisotopic (exact) mass is 483 g/mol. The minimum absolute atomic E-state index is 0.0816. The Kier molecular flexibility index (Phi) is 13.0. The van der Waals surface area contributed by atoms with Crippen molar-refractivity contribution >= 4 is 22.6 Å². The van der Waals surface area contributed by atoms with Crippen molar-refractivity contribution < 1.29 is 13.6 Å². The molecule has 0 unspecified atom stereocenters.